The van der Waals surface area contributed by atoms with Crippen LogP contribution in [-0.2, 0) is 9.53 Å². The highest BCUT2D eigenvalue weighted by Crippen LogP contribution is 2.16. The van der Waals surface area contributed by atoms with E-state index in [0.29, 0.717) is 18.3 Å². The fourth-order valence-electron chi connectivity index (χ4n) is 1.47. The Hall–Kier alpha value is -1.75. The molecule has 0 aromatic heterocycles. The van der Waals surface area contributed by atoms with Crippen molar-refractivity contribution in [1.82, 2.24) is 5.32 Å². The van der Waals surface area contributed by atoms with Gasteiger partial charge in [-0.2, -0.15) is 0 Å². The molecule has 0 aliphatic rings. The number of hydrogen-bond donors (Lipinski definition) is 2. The van der Waals surface area contributed by atoms with Crippen LogP contribution in [0, 0.1) is 0 Å². The average Bonchev–Trinajstić information content (AvgIpc) is 2.34. The van der Waals surface area contributed by atoms with E-state index in [4.69, 9.17) is 14.6 Å². The highest BCUT2D eigenvalue weighted by molar-refractivity contribution is 5.66. The Morgan fingerprint density at radius 3 is 2.47 bits per heavy atom. The molecule has 0 aliphatic heterocycles. The van der Waals surface area contributed by atoms with Crippen molar-refractivity contribution in [1.29, 1.82) is 0 Å². The zero-order valence-electron chi connectivity index (χ0n) is 11.6. The van der Waals surface area contributed by atoms with Crippen molar-refractivity contribution in [2.45, 2.75) is 32.9 Å². The quantitative estimate of drug-likeness (QED) is 0.736. The lowest BCUT2D eigenvalue weighted by Crippen LogP contribution is -2.38. The van der Waals surface area contributed by atoms with Crippen LogP contribution in [0.3, 0.4) is 0 Å². The summed E-state index contributed by atoms with van der Waals surface area (Å²) in [6, 6.07) is 6.73. The molecule has 1 unspecified atom stereocenters. The number of carbonyl (C=O) groups is 1. The standard InChI is InChI=1S/C14H21NO4/c1-10(2)15-8-14(19-11(3)16)9-18-13-6-4-12(17)5-7-13/h4-7,10,14-15,17H,8-9H2,1-3H3. The third-order valence-electron chi connectivity index (χ3n) is 2.36. The maximum absolute atomic E-state index is 11.0. The van der Waals surface area contributed by atoms with Gasteiger partial charge in [-0.3, -0.25) is 4.79 Å². The van der Waals surface area contributed by atoms with Gasteiger partial charge in [0.05, 0.1) is 0 Å². The van der Waals surface area contributed by atoms with Crippen LogP contribution in [0.4, 0.5) is 0 Å². The monoisotopic (exact) mass is 267 g/mol. The molecule has 5 heteroatoms. The molecule has 0 heterocycles. The van der Waals surface area contributed by atoms with Crippen LogP contribution >= 0.6 is 0 Å². The zero-order chi connectivity index (χ0) is 14.3. The van der Waals surface area contributed by atoms with Gasteiger partial charge in [0.25, 0.3) is 0 Å². The van der Waals surface area contributed by atoms with E-state index in [1.54, 1.807) is 24.3 Å². The van der Waals surface area contributed by atoms with Gasteiger partial charge in [0, 0.05) is 19.5 Å². The van der Waals surface area contributed by atoms with E-state index in [9.17, 15) is 4.79 Å². The predicted molar refractivity (Wildman–Crippen MR) is 72.3 cm³/mol. The molecule has 0 fully saturated rings. The number of carbonyl (C=O) groups excluding carboxylic acids is 1. The number of phenols is 1. The lowest BCUT2D eigenvalue weighted by atomic mass is 10.3. The minimum Gasteiger partial charge on any atom is -0.508 e. The third-order valence-corrected chi connectivity index (χ3v) is 2.36. The van der Waals surface area contributed by atoms with E-state index in [1.807, 2.05) is 13.8 Å². The lowest BCUT2D eigenvalue weighted by Gasteiger charge is -2.19. The summed E-state index contributed by atoms with van der Waals surface area (Å²) >= 11 is 0. The average molecular weight is 267 g/mol. The molecule has 0 saturated heterocycles. The number of benzene rings is 1. The van der Waals surface area contributed by atoms with Crippen LogP contribution < -0.4 is 10.1 Å². The molecule has 19 heavy (non-hydrogen) atoms. The van der Waals surface area contributed by atoms with Crippen LogP contribution in [0.2, 0.25) is 0 Å². The summed E-state index contributed by atoms with van der Waals surface area (Å²) < 4.78 is 10.7. The molecule has 0 saturated carbocycles. The van der Waals surface area contributed by atoms with Gasteiger partial charge < -0.3 is 19.9 Å². The number of phenolic OH excluding ortho intramolecular Hbond substituents is 1. The molecule has 0 amide bonds. The number of nitrogens with one attached hydrogen (secondary N) is 1. The molecule has 0 spiro atoms. The molecule has 0 aliphatic carbocycles. The van der Waals surface area contributed by atoms with Gasteiger partial charge in [-0.1, -0.05) is 13.8 Å². The lowest BCUT2D eigenvalue weighted by molar-refractivity contribution is -0.147. The van der Waals surface area contributed by atoms with Crippen LogP contribution in [0.15, 0.2) is 24.3 Å². The van der Waals surface area contributed by atoms with Crippen molar-refractivity contribution in [3.8, 4) is 11.5 Å². The second-order valence-corrected chi connectivity index (χ2v) is 4.60. The summed E-state index contributed by atoms with van der Waals surface area (Å²) in [5, 5.41) is 12.4. The summed E-state index contributed by atoms with van der Waals surface area (Å²) in [6.45, 7) is 6.22. The first-order valence-corrected chi connectivity index (χ1v) is 6.30. The van der Waals surface area contributed by atoms with Gasteiger partial charge in [-0.05, 0) is 24.3 Å². The maximum atomic E-state index is 11.0. The molecule has 2 N–H and O–H groups in total. The van der Waals surface area contributed by atoms with Crippen LogP contribution in [0.5, 0.6) is 11.5 Å². The Labute approximate surface area is 113 Å². The fraction of sp³-hybridized carbons (Fsp3) is 0.500. The van der Waals surface area contributed by atoms with Crippen molar-refractivity contribution in [3.63, 3.8) is 0 Å². The molecule has 0 radical (unpaired) electrons. The topological polar surface area (TPSA) is 67.8 Å². The zero-order valence-corrected chi connectivity index (χ0v) is 11.6. The van der Waals surface area contributed by atoms with Crippen molar-refractivity contribution < 1.29 is 19.4 Å². The van der Waals surface area contributed by atoms with Crippen molar-refractivity contribution >= 4 is 5.97 Å². The van der Waals surface area contributed by atoms with Gasteiger partial charge in [0.15, 0.2) is 0 Å². The summed E-state index contributed by atoms with van der Waals surface area (Å²) in [5.41, 5.74) is 0. The maximum Gasteiger partial charge on any atom is 0.303 e. The summed E-state index contributed by atoms with van der Waals surface area (Å²) in [7, 11) is 0. The molecule has 106 valence electrons. The van der Waals surface area contributed by atoms with E-state index in [-0.39, 0.29) is 24.4 Å². The smallest absolute Gasteiger partial charge is 0.303 e. The Balaban J connectivity index is 2.46. The number of rotatable bonds is 7. The second-order valence-electron chi connectivity index (χ2n) is 4.60. The minimum absolute atomic E-state index is 0.186. The first kappa shape index (κ1) is 15.3. The SMILES string of the molecule is CC(=O)OC(CNC(C)C)COc1ccc(O)cc1. The second kappa shape index (κ2) is 7.63. The molecule has 5 nitrogen and oxygen atoms in total. The van der Waals surface area contributed by atoms with Gasteiger partial charge in [-0.15, -0.1) is 0 Å². The van der Waals surface area contributed by atoms with Crippen LogP contribution in [0.25, 0.3) is 0 Å². The number of ether oxygens (including phenoxy) is 2. The van der Waals surface area contributed by atoms with Crippen LogP contribution in [0.1, 0.15) is 20.8 Å². The minimum atomic E-state index is -0.339. The molecule has 1 rings (SSSR count). The van der Waals surface area contributed by atoms with Gasteiger partial charge in [-0.25, -0.2) is 0 Å². The Kier molecular flexibility index (Phi) is 6.15. The highest BCUT2D eigenvalue weighted by Gasteiger charge is 2.13. The molecule has 1 atom stereocenters. The van der Waals surface area contributed by atoms with Gasteiger partial charge in [0.1, 0.15) is 24.2 Å². The largest absolute Gasteiger partial charge is 0.508 e. The summed E-state index contributed by atoms with van der Waals surface area (Å²) in [4.78, 5) is 11.0. The summed E-state index contributed by atoms with van der Waals surface area (Å²) in [6.07, 6.45) is -0.339. The van der Waals surface area contributed by atoms with Crippen molar-refractivity contribution in [2.24, 2.45) is 0 Å². The molecule has 0 bridgehead atoms. The van der Waals surface area contributed by atoms with E-state index in [0.717, 1.165) is 0 Å². The van der Waals surface area contributed by atoms with E-state index in [2.05, 4.69) is 5.32 Å². The van der Waals surface area contributed by atoms with Gasteiger partial charge in [0.2, 0.25) is 0 Å². The molecule has 1 aromatic carbocycles. The fourth-order valence-corrected chi connectivity index (χ4v) is 1.47. The van der Waals surface area contributed by atoms with Crippen molar-refractivity contribution in [2.75, 3.05) is 13.2 Å². The Morgan fingerprint density at radius 1 is 1.32 bits per heavy atom. The van der Waals surface area contributed by atoms with E-state index in [1.165, 1.54) is 6.92 Å². The molecule has 1 aromatic rings. The highest BCUT2D eigenvalue weighted by atomic mass is 16.6. The van der Waals surface area contributed by atoms with Crippen LogP contribution in [-0.4, -0.2) is 36.4 Å². The first-order valence-electron chi connectivity index (χ1n) is 6.30. The van der Waals surface area contributed by atoms with E-state index >= 15 is 0 Å². The predicted octanol–water partition coefficient (Wildman–Crippen LogP) is 1.70. The van der Waals surface area contributed by atoms with Gasteiger partial charge >= 0.3 is 5.97 Å². The molecular formula is C14H21NO4. The number of aromatic hydroxyl groups is 1. The van der Waals surface area contributed by atoms with E-state index < -0.39 is 0 Å². The third kappa shape index (κ3) is 6.67. The molecular weight excluding hydrogens is 246 g/mol. The van der Waals surface area contributed by atoms with Crippen molar-refractivity contribution in [3.05, 3.63) is 24.3 Å². The number of hydrogen-bond acceptors (Lipinski definition) is 5. The summed E-state index contributed by atoms with van der Waals surface area (Å²) in [5.74, 6) is 0.481. The Bertz CT molecular complexity index is 389. The normalized spacial score (nSPS) is 12.2. The number of esters is 1. The first-order chi connectivity index (χ1) is 8.97. The Morgan fingerprint density at radius 2 is 1.95 bits per heavy atom.